The first-order chi connectivity index (χ1) is 24.6. The normalized spacial score (nSPS) is 14.0. The van der Waals surface area contributed by atoms with Crippen LogP contribution in [0.1, 0.15) is 187 Å². The monoisotopic (exact) mass is 744 g/mol. The molecule has 2 unspecified atom stereocenters. The van der Waals surface area contributed by atoms with Gasteiger partial charge in [-0.1, -0.05) is 148 Å². The van der Waals surface area contributed by atoms with Crippen LogP contribution >= 0.6 is 7.82 Å². The molecule has 0 aliphatic heterocycles. The van der Waals surface area contributed by atoms with Crippen LogP contribution in [0.15, 0.2) is 24.5 Å². The number of rotatable bonds is 39. The summed E-state index contributed by atoms with van der Waals surface area (Å²) >= 11 is 0. The highest BCUT2D eigenvalue weighted by atomic mass is 31.2. The van der Waals surface area contributed by atoms with E-state index in [0.717, 1.165) is 32.1 Å². The Hall–Kier alpha value is -1.18. The molecule has 0 rings (SSSR count). The van der Waals surface area contributed by atoms with E-state index in [-0.39, 0.29) is 25.8 Å². The zero-order chi connectivity index (χ0) is 37.7. The molecule has 0 fully saturated rings. The Balaban J connectivity index is 4.30. The quantitative estimate of drug-likeness (QED) is 0.0154. The number of carbonyl (C=O) groups excluding carboxylic acids is 1. The molecule has 51 heavy (non-hydrogen) atoms. The summed E-state index contributed by atoms with van der Waals surface area (Å²) in [7, 11) is 1.36. The molecule has 0 radical (unpaired) electrons. The first-order valence-electron chi connectivity index (χ1n) is 21.1. The van der Waals surface area contributed by atoms with Crippen molar-refractivity contribution in [2.45, 2.75) is 193 Å². The van der Waals surface area contributed by atoms with Gasteiger partial charge >= 0.3 is 5.97 Å². The maximum Gasteiger partial charge on any atom is 0.305 e. The summed E-state index contributed by atoms with van der Waals surface area (Å²) in [6.45, 7) is 4.70. The molecule has 8 nitrogen and oxygen atoms in total. The number of ether oxygens (including phenoxy) is 2. The molecule has 0 aromatic rings. The molecule has 0 heterocycles. The lowest BCUT2D eigenvalue weighted by Crippen LogP contribution is -2.37. The number of hydrogen-bond acceptors (Lipinski definition) is 7. The van der Waals surface area contributed by atoms with Crippen LogP contribution in [-0.4, -0.2) is 64.1 Å². The van der Waals surface area contributed by atoms with Gasteiger partial charge < -0.3 is 27.9 Å². The second-order valence-electron chi connectivity index (χ2n) is 15.4. The number of nitrogens with zero attached hydrogens (tertiary/aromatic N) is 1. The van der Waals surface area contributed by atoms with E-state index in [1.54, 1.807) is 6.26 Å². The van der Waals surface area contributed by atoms with Gasteiger partial charge in [0.15, 0.2) is 6.10 Å². The number of allylic oxidation sites excluding steroid dienone is 3. The molecule has 0 aromatic heterocycles. The fraction of sp³-hybridized carbons (Fsp3) is 0.881. The summed E-state index contributed by atoms with van der Waals surface area (Å²) in [4.78, 5) is 24.8. The van der Waals surface area contributed by atoms with E-state index >= 15 is 0 Å². The number of likely N-dealkylation sites (N-methyl/N-ethyl adjacent to an activating group) is 1. The van der Waals surface area contributed by atoms with E-state index < -0.39 is 13.9 Å². The fourth-order valence-corrected chi connectivity index (χ4v) is 6.43. The molecule has 2 atom stereocenters. The lowest BCUT2D eigenvalue weighted by atomic mass is 10.0. The number of quaternary nitrogens is 1. The van der Waals surface area contributed by atoms with Crippen molar-refractivity contribution in [3.05, 3.63) is 24.5 Å². The van der Waals surface area contributed by atoms with Gasteiger partial charge in [-0.2, -0.15) is 0 Å². The second-order valence-corrected chi connectivity index (χ2v) is 16.8. The number of hydrogen-bond donors (Lipinski definition) is 0. The largest absolute Gasteiger partial charge is 0.756 e. The third-order valence-corrected chi connectivity index (χ3v) is 10.1. The number of phosphoric ester groups is 1. The van der Waals surface area contributed by atoms with Gasteiger partial charge in [0.25, 0.3) is 7.82 Å². The molecule has 0 aliphatic carbocycles. The smallest absolute Gasteiger partial charge is 0.305 e. The molecule has 0 saturated heterocycles. The van der Waals surface area contributed by atoms with Crippen LogP contribution in [0.25, 0.3) is 0 Å². The third kappa shape index (κ3) is 39.9. The van der Waals surface area contributed by atoms with Gasteiger partial charge in [-0.3, -0.25) is 9.36 Å². The van der Waals surface area contributed by atoms with Gasteiger partial charge in [0, 0.05) is 6.42 Å². The van der Waals surface area contributed by atoms with Crippen molar-refractivity contribution in [3.8, 4) is 0 Å². The predicted molar refractivity (Wildman–Crippen MR) is 213 cm³/mol. The summed E-state index contributed by atoms with van der Waals surface area (Å²) in [6, 6.07) is 0. The van der Waals surface area contributed by atoms with Gasteiger partial charge in [-0.25, -0.2) is 0 Å². The minimum absolute atomic E-state index is 0.0278. The van der Waals surface area contributed by atoms with E-state index in [9.17, 15) is 14.3 Å². The molecular weight excluding hydrogens is 661 g/mol. The van der Waals surface area contributed by atoms with Crippen molar-refractivity contribution in [1.82, 2.24) is 0 Å². The van der Waals surface area contributed by atoms with Crippen LogP contribution in [0, 0.1) is 0 Å². The van der Waals surface area contributed by atoms with Crippen LogP contribution in [-0.2, 0) is 27.9 Å². The van der Waals surface area contributed by atoms with Crippen molar-refractivity contribution >= 4 is 13.8 Å². The van der Waals surface area contributed by atoms with Crippen molar-refractivity contribution in [1.29, 1.82) is 0 Å². The Morgan fingerprint density at radius 1 is 0.608 bits per heavy atom. The molecule has 0 aliphatic rings. The predicted octanol–water partition coefficient (Wildman–Crippen LogP) is 11.8. The SMILES string of the molecule is CCCCCC/C=C\CCCCCCCC/C=C\OC(COC(=O)CCCCCCCCCCCCCCC)COP(=O)([O-])OCC[N+](C)(C)C. The molecule has 0 saturated carbocycles. The second kappa shape index (κ2) is 35.8. The number of carbonyl (C=O) groups is 1. The third-order valence-electron chi connectivity index (χ3n) is 9.09. The summed E-state index contributed by atoms with van der Waals surface area (Å²) < 4.78 is 34.3. The average Bonchev–Trinajstić information content (AvgIpc) is 3.08. The van der Waals surface area contributed by atoms with Crippen molar-refractivity contribution in [2.75, 3.05) is 47.5 Å². The van der Waals surface area contributed by atoms with Crippen LogP contribution in [0.3, 0.4) is 0 Å². The van der Waals surface area contributed by atoms with Crippen LogP contribution in [0.2, 0.25) is 0 Å². The Labute approximate surface area is 315 Å². The highest BCUT2D eigenvalue weighted by Gasteiger charge is 2.19. The molecule has 0 amide bonds. The van der Waals surface area contributed by atoms with Crippen LogP contribution < -0.4 is 4.89 Å². The number of unbranched alkanes of at least 4 members (excludes halogenated alkanes) is 23. The van der Waals surface area contributed by atoms with E-state index in [1.807, 2.05) is 27.2 Å². The summed E-state index contributed by atoms with van der Waals surface area (Å²) in [5.41, 5.74) is 0. The minimum atomic E-state index is -4.51. The van der Waals surface area contributed by atoms with Crippen molar-refractivity contribution in [2.24, 2.45) is 0 Å². The molecule has 0 aromatic carbocycles. The van der Waals surface area contributed by atoms with E-state index in [0.29, 0.717) is 17.4 Å². The summed E-state index contributed by atoms with van der Waals surface area (Å²) in [6.07, 6.45) is 40.0. The zero-order valence-corrected chi connectivity index (χ0v) is 35.0. The Bertz CT molecular complexity index is 874. The van der Waals surface area contributed by atoms with Gasteiger partial charge in [-0.05, 0) is 51.0 Å². The first kappa shape index (κ1) is 49.8. The van der Waals surface area contributed by atoms with Gasteiger partial charge in [0.05, 0.1) is 34.0 Å². The standard InChI is InChI=1S/C42H82NO7P/c1-6-8-10-12-14-16-18-20-21-22-24-26-28-30-32-34-37-47-41(40-50-51(45,46)49-38-36-43(3,4)5)39-48-42(44)35-33-31-29-27-25-23-19-17-15-13-11-9-7-2/h16,18,34,37,41H,6-15,17,19-33,35-36,38-40H2,1-5H3/b18-16-,37-34-. The summed E-state index contributed by atoms with van der Waals surface area (Å²) in [5, 5.41) is 0. The maximum absolute atomic E-state index is 12.4. The van der Waals surface area contributed by atoms with Crippen molar-refractivity contribution < 1.29 is 37.3 Å². The van der Waals surface area contributed by atoms with Gasteiger partial charge in [0.2, 0.25) is 0 Å². The minimum Gasteiger partial charge on any atom is -0.756 e. The van der Waals surface area contributed by atoms with Gasteiger partial charge in [0.1, 0.15) is 19.8 Å². The van der Waals surface area contributed by atoms with Crippen molar-refractivity contribution in [3.63, 3.8) is 0 Å². The molecule has 0 N–H and O–H groups in total. The lowest BCUT2D eigenvalue weighted by molar-refractivity contribution is -0.870. The number of esters is 1. The highest BCUT2D eigenvalue weighted by Crippen LogP contribution is 2.38. The van der Waals surface area contributed by atoms with Gasteiger partial charge in [-0.15, -0.1) is 0 Å². The average molecular weight is 744 g/mol. The topological polar surface area (TPSA) is 94.1 Å². The first-order valence-corrected chi connectivity index (χ1v) is 22.6. The van der Waals surface area contributed by atoms with E-state index in [2.05, 4.69) is 26.0 Å². The van der Waals surface area contributed by atoms with E-state index in [1.165, 1.54) is 135 Å². The Morgan fingerprint density at radius 2 is 1.04 bits per heavy atom. The lowest BCUT2D eigenvalue weighted by Gasteiger charge is -2.28. The van der Waals surface area contributed by atoms with E-state index in [4.69, 9.17) is 18.5 Å². The Morgan fingerprint density at radius 3 is 1.53 bits per heavy atom. The molecular formula is C42H82NO7P. The highest BCUT2D eigenvalue weighted by molar-refractivity contribution is 7.45. The number of phosphoric acid groups is 1. The molecule has 302 valence electrons. The molecule has 9 heteroatoms. The summed E-state index contributed by atoms with van der Waals surface area (Å²) in [5.74, 6) is -0.293. The molecule has 0 bridgehead atoms. The Kier molecular flexibility index (Phi) is 35.0. The van der Waals surface area contributed by atoms with Crippen LogP contribution in [0.5, 0.6) is 0 Å². The fourth-order valence-electron chi connectivity index (χ4n) is 5.70. The molecule has 0 spiro atoms. The van der Waals surface area contributed by atoms with Crippen LogP contribution in [0.4, 0.5) is 0 Å². The zero-order valence-electron chi connectivity index (χ0n) is 34.1. The maximum atomic E-state index is 12.4.